The molecule has 4 nitrogen and oxygen atoms in total. The number of halogens is 2. The molecular formula is C17H14Cl2N4. The van der Waals surface area contributed by atoms with Crippen LogP contribution in [0.5, 0.6) is 0 Å². The first-order valence-corrected chi connectivity index (χ1v) is 7.75. The third-order valence-electron chi connectivity index (χ3n) is 3.14. The van der Waals surface area contributed by atoms with Crippen LogP contribution in [0.2, 0.25) is 10.0 Å². The number of rotatable bonds is 4. The van der Waals surface area contributed by atoms with Crippen molar-refractivity contribution in [1.29, 1.82) is 0 Å². The van der Waals surface area contributed by atoms with E-state index in [4.69, 9.17) is 23.2 Å². The van der Waals surface area contributed by atoms with E-state index >= 15 is 0 Å². The lowest BCUT2D eigenvalue weighted by atomic mass is 10.2. The summed E-state index contributed by atoms with van der Waals surface area (Å²) in [4.78, 5) is 8.65. The van der Waals surface area contributed by atoms with Crippen molar-refractivity contribution in [1.82, 2.24) is 9.97 Å². The fraction of sp³-hybridized carbons (Fsp3) is 0.0588. The summed E-state index contributed by atoms with van der Waals surface area (Å²) >= 11 is 12.2. The second-order valence-corrected chi connectivity index (χ2v) is 5.77. The Labute approximate surface area is 144 Å². The molecule has 3 rings (SSSR count). The maximum atomic E-state index is 6.18. The third-order valence-corrected chi connectivity index (χ3v) is 3.96. The lowest BCUT2D eigenvalue weighted by Crippen LogP contribution is -2.00. The number of nitrogens with one attached hydrogen (secondary N) is 2. The van der Waals surface area contributed by atoms with Gasteiger partial charge in [-0.1, -0.05) is 41.4 Å². The number of hydrogen-bond donors (Lipinski definition) is 2. The second-order valence-electron chi connectivity index (χ2n) is 4.99. The molecule has 2 aromatic carbocycles. The summed E-state index contributed by atoms with van der Waals surface area (Å²) < 4.78 is 0. The van der Waals surface area contributed by atoms with Gasteiger partial charge in [-0.3, -0.25) is 0 Å². The fourth-order valence-electron chi connectivity index (χ4n) is 2.08. The molecule has 0 amide bonds. The largest absolute Gasteiger partial charge is 0.339 e. The normalized spacial score (nSPS) is 10.4. The van der Waals surface area contributed by atoms with E-state index in [2.05, 4.69) is 20.6 Å². The Hall–Kier alpha value is -2.30. The average Bonchev–Trinajstić information content (AvgIpc) is 2.52. The second kappa shape index (κ2) is 6.86. The summed E-state index contributed by atoms with van der Waals surface area (Å²) in [7, 11) is 0. The molecule has 0 aliphatic rings. The zero-order chi connectivity index (χ0) is 16.2. The zero-order valence-corrected chi connectivity index (χ0v) is 13.9. The van der Waals surface area contributed by atoms with Crippen LogP contribution in [0.3, 0.4) is 0 Å². The lowest BCUT2D eigenvalue weighted by Gasteiger charge is -2.10. The predicted octanol–water partition coefficient (Wildman–Crippen LogP) is 5.58. The smallest absolute Gasteiger partial charge is 0.229 e. The van der Waals surface area contributed by atoms with Crippen LogP contribution < -0.4 is 10.6 Å². The maximum Gasteiger partial charge on any atom is 0.229 e. The van der Waals surface area contributed by atoms with Crippen molar-refractivity contribution in [3.05, 3.63) is 70.3 Å². The molecule has 23 heavy (non-hydrogen) atoms. The van der Waals surface area contributed by atoms with Crippen LogP contribution in [0.4, 0.5) is 23.1 Å². The zero-order valence-electron chi connectivity index (χ0n) is 12.3. The minimum Gasteiger partial charge on any atom is -0.339 e. The molecule has 1 aromatic heterocycles. The summed E-state index contributed by atoms with van der Waals surface area (Å²) in [6.45, 7) is 2.03. The molecule has 2 N–H and O–H groups in total. The number of hydrogen-bond acceptors (Lipinski definition) is 4. The van der Waals surface area contributed by atoms with Gasteiger partial charge in [-0.25, -0.2) is 4.98 Å². The number of aromatic nitrogens is 2. The Morgan fingerprint density at radius 2 is 1.78 bits per heavy atom. The van der Waals surface area contributed by atoms with Crippen LogP contribution in [-0.2, 0) is 0 Å². The molecule has 0 spiro atoms. The highest BCUT2D eigenvalue weighted by atomic mass is 35.5. The summed E-state index contributed by atoms with van der Waals surface area (Å²) in [5.74, 6) is 1.12. The minimum atomic E-state index is 0.459. The van der Waals surface area contributed by atoms with Gasteiger partial charge < -0.3 is 10.6 Å². The van der Waals surface area contributed by atoms with Gasteiger partial charge in [-0.2, -0.15) is 4.98 Å². The van der Waals surface area contributed by atoms with Gasteiger partial charge in [0.15, 0.2) is 0 Å². The van der Waals surface area contributed by atoms with Gasteiger partial charge in [0, 0.05) is 11.9 Å². The van der Waals surface area contributed by atoms with Gasteiger partial charge in [0.2, 0.25) is 5.95 Å². The van der Waals surface area contributed by atoms with Crippen molar-refractivity contribution in [3.63, 3.8) is 0 Å². The first-order chi connectivity index (χ1) is 11.1. The molecular weight excluding hydrogens is 331 g/mol. The molecule has 116 valence electrons. The van der Waals surface area contributed by atoms with E-state index in [0.717, 1.165) is 11.3 Å². The molecule has 3 aromatic rings. The maximum absolute atomic E-state index is 6.18. The molecule has 0 atom stereocenters. The SMILES string of the molecule is Cc1cccc(Nc2nccc(Nc3cccc(Cl)c3Cl)n2)c1. The molecule has 0 radical (unpaired) electrons. The first kappa shape index (κ1) is 15.6. The molecule has 0 unspecified atom stereocenters. The van der Waals surface area contributed by atoms with Crippen LogP contribution in [0, 0.1) is 6.92 Å². The number of aryl methyl sites for hydroxylation is 1. The first-order valence-electron chi connectivity index (χ1n) is 6.99. The summed E-state index contributed by atoms with van der Waals surface area (Å²) in [5.41, 5.74) is 2.79. The van der Waals surface area contributed by atoms with Crippen molar-refractivity contribution < 1.29 is 0 Å². The van der Waals surface area contributed by atoms with E-state index in [9.17, 15) is 0 Å². The van der Waals surface area contributed by atoms with E-state index < -0.39 is 0 Å². The van der Waals surface area contributed by atoms with Gasteiger partial charge in [-0.05, 0) is 42.8 Å². The summed E-state index contributed by atoms with van der Waals surface area (Å²) in [6, 6.07) is 15.2. The highest BCUT2D eigenvalue weighted by Gasteiger charge is 2.06. The summed E-state index contributed by atoms with van der Waals surface area (Å²) in [6.07, 6.45) is 1.67. The van der Waals surface area contributed by atoms with Gasteiger partial charge in [0.05, 0.1) is 15.7 Å². The van der Waals surface area contributed by atoms with E-state index in [0.29, 0.717) is 27.5 Å². The fourth-order valence-corrected chi connectivity index (χ4v) is 2.43. The van der Waals surface area contributed by atoms with E-state index in [1.165, 1.54) is 0 Å². The highest BCUT2D eigenvalue weighted by molar-refractivity contribution is 6.43. The van der Waals surface area contributed by atoms with Gasteiger partial charge >= 0.3 is 0 Å². The average molecular weight is 345 g/mol. The Balaban J connectivity index is 1.81. The van der Waals surface area contributed by atoms with Crippen molar-refractivity contribution in [2.24, 2.45) is 0 Å². The van der Waals surface area contributed by atoms with Crippen LogP contribution in [0.15, 0.2) is 54.7 Å². The van der Waals surface area contributed by atoms with Gasteiger partial charge in [0.25, 0.3) is 0 Å². The number of anilines is 4. The molecule has 0 aliphatic heterocycles. The Morgan fingerprint density at radius 3 is 2.61 bits per heavy atom. The van der Waals surface area contributed by atoms with E-state index in [-0.39, 0.29) is 0 Å². The topological polar surface area (TPSA) is 49.8 Å². The van der Waals surface area contributed by atoms with Gasteiger partial charge in [0.1, 0.15) is 5.82 Å². The predicted molar refractivity (Wildman–Crippen MR) is 96.2 cm³/mol. The van der Waals surface area contributed by atoms with Crippen molar-refractivity contribution in [3.8, 4) is 0 Å². The Kier molecular flexibility index (Phi) is 4.65. The quantitative estimate of drug-likeness (QED) is 0.648. The number of benzene rings is 2. The molecule has 0 bridgehead atoms. The highest BCUT2D eigenvalue weighted by Crippen LogP contribution is 2.31. The van der Waals surface area contributed by atoms with Crippen LogP contribution >= 0.6 is 23.2 Å². The van der Waals surface area contributed by atoms with Crippen LogP contribution in [-0.4, -0.2) is 9.97 Å². The molecule has 0 aliphatic carbocycles. The molecule has 1 heterocycles. The van der Waals surface area contributed by atoms with Gasteiger partial charge in [-0.15, -0.1) is 0 Å². The lowest BCUT2D eigenvalue weighted by molar-refractivity contribution is 1.16. The minimum absolute atomic E-state index is 0.459. The van der Waals surface area contributed by atoms with Crippen molar-refractivity contribution in [2.75, 3.05) is 10.6 Å². The van der Waals surface area contributed by atoms with Crippen LogP contribution in [0.25, 0.3) is 0 Å². The monoisotopic (exact) mass is 344 g/mol. The summed E-state index contributed by atoms with van der Waals surface area (Å²) in [5, 5.41) is 7.27. The molecule has 0 saturated carbocycles. The van der Waals surface area contributed by atoms with E-state index in [1.807, 2.05) is 43.3 Å². The standard InChI is InChI=1S/C17H14Cl2N4/c1-11-4-2-5-12(10-11)21-17-20-9-8-15(23-17)22-14-7-3-6-13(18)16(14)19/h2-10H,1H3,(H2,20,21,22,23). The Morgan fingerprint density at radius 1 is 0.957 bits per heavy atom. The Bertz CT molecular complexity index is 836. The molecule has 0 saturated heterocycles. The van der Waals surface area contributed by atoms with Crippen molar-refractivity contribution >= 4 is 46.3 Å². The van der Waals surface area contributed by atoms with E-state index in [1.54, 1.807) is 18.3 Å². The number of nitrogens with zero attached hydrogens (tertiary/aromatic N) is 2. The van der Waals surface area contributed by atoms with Crippen LogP contribution in [0.1, 0.15) is 5.56 Å². The molecule has 6 heteroatoms. The van der Waals surface area contributed by atoms with Crippen molar-refractivity contribution in [2.45, 2.75) is 6.92 Å². The third kappa shape index (κ3) is 3.92. The molecule has 0 fully saturated rings.